The van der Waals surface area contributed by atoms with Crippen LogP contribution in [0, 0.1) is 5.82 Å². The van der Waals surface area contributed by atoms with E-state index in [9.17, 15) is 17.6 Å². The lowest BCUT2D eigenvalue weighted by molar-refractivity contribution is -0.122. The molecule has 0 unspecified atom stereocenters. The summed E-state index contributed by atoms with van der Waals surface area (Å²) in [6.07, 6.45) is 0.623. The number of carbonyl (C=O) groups excluding carboxylic acids is 1. The van der Waals surface area contributed by atoms with Crippen molar-refractivity contribution in [1.82, 2.24) is 14.5 Å². The van der Waals surface area contributed by atoms with Gasteiger partial charge in [0.2, 0.25) is 15.9 Å². The fraction of sp³-hybridized carbons (Fsp3) is 0.350. The summed E-state index contributed by atoms with van der Waals surface area (Å²) in [5.74, 6) is -0.396. The molecule has 1 saturated heterocycles. The van der Waals surface area contributed by atoms with Gasteiger partial charge in [0, 0.05) is 37.7 Å². The van der Waals surface area contributed by atoms with Crippen molar-refractivity contribution in [2.75, 3.05) is 39.3 Å². The number of hydrogen-bond acceptors (Lipinski definition) is 4. The molecule has 1 fully saturated rings. The maximum Gasteiger partial charge on any atom is 0.243 e. The number of sulfonamides is 1. The Hall–Kier alpha value is -2.00. The van der Waals surface area contributed by atoms with Gasteiger partial charge in [0.05, 0.1) is 11.4 Å². The summed E-state index contributed by atoms with van der Waals surface area (Å²) in [5.41, 5.74) is 0.950. The second-order valence-corrected chi connectivity index (χ2v) is 9.24. The maximum absolute atomic E-state index is 12.9. The number of amides is 1. The van der Waals surface area contributed by atoms with Crippen LogP contribution in [-0.4, -0.2) is 62.8 Å². The van der Waals surface area contributed by atoms with Crippen molar-refractivity contribution in [3.63, 3.8) is 0 Å². The molecule has 0 saturated carbocycles. The van der Waals surface area contributed by atoms with E-state index in [0.29, 0.717) is 44.2 Å². The quantitative estimate of drug-likeness (QED) is 0.717. The van der Waals surface area contributed by atoms with Gasteiger partial charge in [0.1, 0.15) is 5.82 Å². The molecule has 156 valence electrons. The summed E-state index contributed by atoms with van der Waals surface area (Å²) in [6, 6.07) is 12.4. The highest BCUT2D eigenvalue weighted by atomic mass is 35.5. The fourth-order valence-corrected chi connectivity index (χ4v) is 4.88. The fourth-order valence-electron chi connectivity index (χ4n) is 3.16. The van der Waals surface area contributed by atoms with Crippen LogP contribution < -0.4 is 5.32 Å². The molecule has 0 radical (unpaired) electrons. The third-order valence-corrected chi connectivity index (χ3v) is 6.91. The van der Waals surface area contributed by atoms with Crippen LogP contribution in [0.5, 0.6) is 0 Å². The predicted octanol–water partition coefficient (Wildman–Crippen LogP) is 2.14. The minimum absolute atomic E-state index is 0.113. The van der Waals surface area contributed by atoms with Crippen LogP contribution >= 0.6 is 11.6 Å². The third kappa shape index (κ3) is 5.99. The molecule has 29 heavy (non-hydrogen) atoms. The third-order valence-electron chi connectivity index (χ3n) is 4.78. The molecule has 1 aliphatic rings. The Morgan fingerprint density at radius 3 is 2.41 bits per heavy atom. The molecule has 0 bridgehead atoms. The second kappa shape index (κ2) is 9.67. The van der Waals surface area contributed by atoms with Crippen molar-refractivity contribution >= 4 is 27.5 Å². The maximum atomic E-state index is 12.9. The Bertz CT molecular complexity index is 946. The number of carbonyl (C=O) groups is 1. The van der Waals surface area contributed by atoms with E-state index < -0.39 is 10.0 Å². The van der Waals surface area contributed by atoms with E-state index in [-0.39, 0.29) is 23.2 Å². The topological polar surface area (TPSA) is 69.7 Å². The number of halogens is 2. The Labute approximate surface area is 175 Å². The van der Waals surface area contributed by atoms with Crippen LogP contribution in [0.1, 0.15) is 5.56 Å². The summed E-state index contributed by atoms with van der Waals surface area (Å²) in [6.45, 7) is 2.27. The number of benzene rings is 2. The standard InChI is InChI=1S/C20H23ClFN3O3S/c21-17-2-1-3-19(14-17)29(27,28)25-12-10-24(11-13-25)15-20(26)23-9-8-16-4-6-18(22)7-5-16/h1-7,14H,8-13,15H2,(H,23,26). The van der Waals surface area contributed by atoms with Crippen LogP contribution in [0.15, 0.2) is 53.4 Å². The second-order valence-electron chi connectivity index (χ2n) is 6.86. The highest BCUT2D eigenvalue weighted by molar-refractivity contribution is 7.89. The van der Waals surface area contributed by atoms with Crippen LogP contribution in [0.25, 0.3) is 0 Å². The number of nitrogens with one attached hydrogen (secondary N) is 1. The first-order valence-corrected chi connectivity index (χ1v) is 11.2. The summed E-state index contributed by atoms with van der Waals surface area (Å²) in [4.78, 5) is 14.2. The zero-order valence-corrected chi connectivity index (χ0v) is 17.4. The molecular weight excluding hydrogens is 417 g/mol. The molecule has 0 aliphatic carbocycles. The predicted molar refractivity (Wildman–Crippen MR) is 110 cm³/mol. The molecule has 9 heteroatoms. The Balaban J connectivity index is 1.43. The van der Waals surface area contributed by atoms with E-state index in [0.717, 1.165) is 5.56 Å². The Morgan fingerprint density at radius 2 is 1.76 bits per heavy atom. The van der Waals surface area contributed by atoms with E-state index in [4.69, 9.17) is 11.6 Å². The van der Waals surface area contributed by atoms with Crippen molar-refractivity contribution < 1.29 is 17.6 Å². The van der Waals surface area contributed by atoms with Crippen molar-refractivity contribution in [2.45, 2.75) is 11.3 Å². The summed E-state index contributed by atoms with van der Waals surface area (Å²) < 4.78 is 39.7. The van der Waals surface area contributed by atoms with Crippen LogP contribution in [-0.2, 0) is 21.2 Å². The average molecular weight is 440 g/mol. The molecule has 6 nitrogen and oxygen atoms in total. The number of nitrogens with zero attached hydrogens (tertiary/aromatic N) is 2. The molecule has 0 spiro atoms. The molecular formula is C20H23ClFN3O3S. The first-order chi connectivity index (χ1) is 13.8. The summed E-state index contributed by atoms with van der Waals surface area (Å²) in [7, 11) is -3.59. The number of hydrogen-bond donors (Lipinski definition) is 1. The van der Waals surface area contributed by atoms with Crippen molar-refractivity contribution in [1.29, 1.82) is 0 Å². The smallest absolute Gasteiger partial charge is 0.243 e. The summed E-state index contributed by atoms with van der Waals surface area (Å²) >= 11 is 5.91. The Morgan fingerprint density at radius 1 is 1.07 bits per heavy atom. The normalized spacial score (nSPS) is 15.9. The first kappa shape index (κ1) is 21.7. The van der Waals surface area contributed by atoms with Gasteiger partial charge in [-0.25, -0.2) is 12.8 Å². The van der Waals surface area contributed by atoms with Gasteiger partial charge >= 0.3 is 0 Å². The van der Waals surface area contributed by atoms with Gasteiger partial charge in [0.25, 0.3) is 0 Å². The van der Waals surface area contributed by atoms with Crippen molar-refractivity contribution in [2.24, 2.45) is 0 Å². The van der Waals surface area contributed by atoms with Crippen LogP contribution in [0.2, 0.25) is 5.02 Å². The van der Waals surface area contributed by atoms with E-state index in [1.165, 1.54) is 28.6 Å². The van der Waals surface area contributed by atoms with Crippen LogP contribution in [0.4, 0.5) is 4.39 Å². The monoisotopic (exact) mass is 439 g/mol. The lowest BCUT2D eigenvalue weighted by Gasteiger charge is -2.33. The van der Waals surface area contributed by atoms with Gasteiger partial charge in [0.15, 0.2) is 0 Å². The molecule has 2 aromatic rings. The van der Waals surface area contributed by atoms with Gasteiger partial charge in [-0.3, -0.25) is 9.69 Å². The Kier molecular flexibility index (Phi) is 7.23. The zero-order chi connectivity index (χ0) is 20.9. The van der Waals surface area contributed by atoms with Crippen molar-refractivity contribution in [3.8, 4) is 0 Å². The molecule has 1 N–H and O–H groups in total. The molecule has 1 aliphatic heterocycles. The van der Waals surface area contributed by atoms with E-state index in [1.54, 1.807) is 24.3 Å². The van der Waals surface area contributed by atoms with Gasteiger partial charge in [-0.05, 0) is 42.3 Å². The molecule has 3 rings (SSSR count). The molecule has 1 amide bonds. The average Bonchev–Trinajstić information content (AvgIpc) is 2.70. The van der Waals surface area contributed by atoms with Gasteiger partial charge in [-0.2, -0.15) is 4.31 Å². The summed E-state index contributed by atoms with van der Waals surface area (Å²) in [5, 5.41) is 3.22. The van der Waals surface area contributed by atoms with Gasteiger partial charge in [-0.1, -0.05) is 29.8 Å². The number of piperazine rings is 1. The first-order valence-electron chi connectivity index (χ1n) is 9.34. The highest BCUT2D eigenvalue weighted by Crippen LogP contribution is 2.20. The molecule has 1 heterocycles. The van der Waals surface area contributed by atoms with Gasteiger partial charge < -0.3 is 5.32 Å². The lowest BCUT2D eigenvalue weighted by atomic mass is 10.1. The molecule has 2 aromatic carbocycles. The minimum atomic E-state index is -3.59. The van der Waals surface area contributed by atoms with Gasteiger partial charge in [-0.15, -0.1) is 0 Å². The van der Waals surface area contributed by atoms with Crippen molar-refractivity contribution in [3.05, 3.63) is 64.9 Å². The number of rotatable bonds is 7. The minimum Gasteiger partial charge on any atom is -0.355 e. The molecule has 0 aromatic heterocycles. The zero-order valence-electron chi connectivity index (χ0n) is 15.9. The highest BCUT2D eigenvalue weighted by Gasteiger charge is 2.29. The van der Waals surface area contributed by atoms with E-state index >= 15 is 0 Å². The molecule has 0 atom stereocenters. The largest absolute Gasteiger partial charge is 0.355 e. The van der Waals surface area contributed by atoms with E-state index in [1.807, 2.05) is 4.90 Å². The van der Waals surface area contributed by atoms with E-state index in [2.05, 4.69) is 5.32 Å². The SMILES string of the molecule is O=C(CN1CCN(S(=O)(=O)c2cccc(Cl)c2)CC1)NCCc1ccc(F)cc1. The lowest BCUT2D eigenvalue weighted by Crippen LogP contribution is -2.51. The van der Waals surface area contributed by atoms with Crippen LogP contribution in [0.3, 0.4) is 0 Å².